The van der Waals surface area contributed by atoms with Crippen LogP contribution in [0.2, 0.25) is 0 Å². The van der Waals surface area contributed by atoms with Gasteiger partial charge in [-0.25, -0.2) is 0 Å². The van der Waals surface area contributed by atoms with Crippen molar-refractivity contribution < 1.29 is 8.37 Å². The highest BCUT2D eigenvalue weighted by molar-refractivity contribution is 7.89. The molecule has 44 valence electrons. The van der Waals surface area contributed by atoms with Crippen LogP contribution in [0.3, 0.4) is 0 Å². The molecule has 0 aromatic carbocycles. The van der Waals surface area contributed by atoms with E-state index in [4.69, 9.17) is 8.37 Å². The summed E-state index contributed by atoms with van der Waals surface area (Å²) in [7, 11) is 0. The molecule has 1 rings (SSSR count). The van der Waals surface area contributed by atoms with Gasteiger partial charge in [0.05, 0.1) is 6.61 Å². The number of allylic oxidation sites excluding steroid dienone is 2. The van der Waals surface area contributed by atoms with E-state index in [1.54, 1.807) is 6.26 Å². The fourth-order valence-corrected chi connectivity index (χ4v) is 0.628. The Bertz CT molecular complexity index is 95.0. The molecule has 0 spiro atoms. The lowest BCUT2D eigenvalue weighted by molar-refractivity contribution is 0.373. The molecule has 1 heterocycles. The summed E-state index contributed by atoms with van der Waals surface area (Å²) >= 11 is 0.991. The van der Waals surface area contributed by atoms with E-state index in [-0.39, 0.29) is 0 Å². The van der Waals surface area contributed by atoms with Crippen LogP contribution in [0.25, 0.3) is 0 Å². The van der Waals surface area contributed by atoms with Crippen LogP contribution in [-0.4, -0.2) is 6.61 Å². The first-order chi connectivity index (χ1) is 4.00. The monoisotopic (exact) mass is 130 g/mol. The molecule has 8 heavy (non-hydrogen) atoms. The van der Waals surface area contributed by atoms with Crippen LogP contribution in [0, 0.1) is 0 Å². The van der Waals surface area contributed by atoms with E-state index in [1.165, 1.54) is 0 Å². The van der Waals surface area contributed by atoms with E-state index in [9.17, 15) is 0 Å². The molecule has 0 aromatic heterocycles. The summed E-state index contributed by atoms with van der Waals surface area (Å²) < 4.78 is 9.57. The van der Waals surface area contributed by atoms with Crippen LogP contribution in [0.15, 0.2) is 24.5 Å². The van der Waals surface area contributed by atoms with Gasteiger partial charge in [-0.2, -0.15) is 0 Å². The molecular formula is C5H6O2S. The normalized spacial score (nSPS) is 19.0. The molecule has 0 aliphatic carbocycles. The molecule has 0 amide bonds. The molecule has 0 unspecified atom stereocenters. The van der Waals surface area contributed by atoms with Crippen LogP contribution in [0.4, 0.5) is 0 Å². The minimum Gasteiger partial charge on any atom is -0.408 e. The number of hydrogen-bond acceptors (Lipinski definition) is 3. The predicted octanol–water partition coefficient (Wildman–Crippen LogP) is 1.67. The summed E-state index contributed by atoms with van der Waals surface area (Å²) in [6, 6.07) is 0. The summed E-state index contributed by atoms with van der Waals surface area (Å²) in [5.74, 6) is 0. The highest BCUT2D eigenvalue weighted by atomic mass is 32.2. The third-order valence-corrected chi connectivity index (χ3v) is 1.05. The van der Waals surface area contributed by atoms with Gasteiger partial charge in [0.1, 0.15) is 6.26 Å². The van der Waals surface area contributed by atoms with Crippen LogP contribution in [0.1, 0.15) is 0 Å². The second-order valence-electron chi connectivity index (χ2n) is 1.21. The van der Waals surface area contributed by atoms with Crippen molar-refractivity contribution in [3.05, 3.63) is 24.5 Å². The minimum absolute atomic E-state index is 0.606. The van der Waals surface area contributed by atoms with Crippen molar-refractivity contribution in [1.82, 2.24) is 0 Å². The Morgan fingerprint density at radius 2 is 2.38 bits per heavy atom. The Hall–Kier alpha value is -0.410. The third kappa shape index (κ3) is 2.04. The van der Waals surface area contributed by atoms with E-state index >= 15 is 0 Å². The Balaban J connectivity index is 2.33. The molecule has 0 saturated heterocycles. The van der Waals surface area contributed by atoms with E-state index in [0.29, 0.717) is 6.61 Å². The average Bonchev–Trinajstić information content (AvgIpc) is 1.62. The van der Waals surface area contributed by atoms with Gasteiger partial charge >= 0.3 is 0 Å². The SMILES string of the molecule is C1=CCOSOC=C1. The van der Waals surface area contributed by atoms with Gasteiger partial charge in [-0.3, -0.25) is 4.18 Å². The molecule has 0 atom stereocenters. The molecule has 0 saturated carbocycles. The van der Waals surface area contributed by atoms with Crippen molar-refractivity contribution in [2.24, 2.45) is 0 Å². The van der Waals surface area contributed by atoms with Gasteiger partial charge < -0.3 is 4.18 Å². The fourth-order valence-electron chi connectivity index (χ4n) is 0.329. The van der Waals surface area contributed by atoms with Gasteiger partial charge in [0.2, 0.25) is 12.3 Å². The van der Waals surface area contributed by atoms with Gasteiger partial charge in [-0.1, -0.05) is 12.2 Å². The van der Waals surface area contributed by atoms with Crippen molar-refractivity contribution in [1.29, 1.82) is 0 Å². The summed E-state index contributed by atoms with van der Waals surface area (Å²) in [5.41, 5.74) is 0. The largest absolute Gasteiger partial charge is 0.408 e. The van der Waals surface area contributed by atoms with Crippen LogP contribution in [0.5, 0.6) is 0 Å². The van der Waals surface area contributed by atoms with E-state index in [2.05, 4.69) is 0 Å². The van der Waals surface area contributed by atoms with Gasteiger partial charge in [-0.15, -0.1) is 0 Å². The third-order valence-electron chi connectivity index (χ3n) is 0.633. The highest BCUT2D eigenvalue weighted by Gasteiger charge is 1.84. The van der Waals surface area contributed by atoms with Crippen molar-refractivity contribution in [2.45, 2.75) is 0 Å². The molecule has 0 N–H and O–H groups in total. The molecule has 1 aliphatic rings. The Morgan fingerprint density at radius 3 is 3.38 bits per heavy atom. The van der Waals surface area contributed by atoms with Crippen molar-refractivity contribution in [2.75, 3.05) is 6.61 Å². The fraction of sp³-hybridized carbons (Fsp3) is 0.200. The van der Waals surface area contributed by atoms with Crippen molar-refractivity contribution >= 4 is 12.3 Å². The molecule has 2 nitrogen and oxygen atoms in total. The molecule has 1 aliphatic heterocycles. The zero-order chi connectivity index (χ0) is 5.66. The molecule has 0 aromatic rings. The Morgan fingerprint density at radius 1 is 1.38 bits per heavy atom. The molecule has 0 fully saturated rings. The molecule has 3 heteroatoms. The minimum atomic E-state index is 0.606. The second kappa shape index (κ2) is 3.57. The van der Waals surface area contributed by atoms with E-state index < -0.39 is 0 Å². The summed E-state index contributed by atoms with van der Waals surface area (Å²) in [6.07, 6.45) is 7.17. The molecule has 0 radical (unpaired) electrons. The van der Waals surface area contributed by atoms with Crippen LogP contribution < -0.4 is 0 Å². The first-order valence-corrected chi connectivity index (χ1v) is 2.93. The lowest BCUT2D eigenvalue weighted by atomic mass is 10.5. The van der Waals surface area contributed by atoms with Crippen LogP contribution in [-0.2, 0) is 8.37 Å². The van der Waals surface area contributed by atoms with Crippen molar-refractivity contribution in [3.63, 3.8) is 0 Å². The molecular weight excluding hydrogens is 124 g/mol. The van der Waals surface area contributed by atoms with E-state index in [1.807, 2.05) is 18.2 Å². The second-order valence-corrected chi connectivity index (χ2v) is 1.77. The first-order valence-electron chi connectivity index (χ1n) is 2.27. The van der Waals surface area contributed by atoms with Gasteiger partial charge in [-0.05, 0) is 6.08 Å². The number of hydrogen-bond donors (Lipinski definition) is 0. The Labute approximate surface area is 52.6 Å². The molecule has 0 bridgehead atoms. The Kier molecular flexibility index (Phi) is 2.56. The lowest BCUT2D eigenvalue weighted by Gasteiger charge is -1.96. The zero-order valence-electron chi connectivity index (χ0n) is 4.24. The highest BCUT2D eigenvalue weighted by Crippen LogP contribution is 2.06. The van der Waals surface area contributed by atoms with Crippen molar-refractivity contribution in [3.8, 4) is 0 Å². The van der Waals surface area contributed by atoms with Gasteiger partial charge in [0.15, 0.2) is 0 Å². The maximum Gasteiger partial charge on any atom is 0.225 e. The number of rotatable bonds is 0. The van der Waals surface area contributed by atoms with Crippen LogP contribution >= 0.6 is 12.3 Å². The maximum absolute atomic E-state index is 4.83. The average molecular weight is 130 g/mol. The summed E-state index contributed by atoms with van der Waals surface area (Å²) in [4.78, 5) is 0. The summed E-state index contributed by atoms with van der Waals surface area (Å²) in [5, 5.41) is 0. The predicted molar refractivity (Wildman–Crippen MR) is 32.9 cm³/mol. The van der Waals surface area contributed by atoms with Gasteiger partial charge in [0, 0.05) is 0 Å². The lowest BCUT2D eigenvalue weighted by Crippen LogP contribution is -1.81. The maximum atomic E-state index is 4.83. The topological polar surface area (TPSA) is 18.5 Å². The van der Waals surface area contributed by atoms with E-state index in [0.717, 1.165) is 12.3 Å². The quantitative estimate of drug-likeness (QED) is 0.465. The summed E-state index contributed by atoms with van der Waals surface area (Å²) in [6.45, 7) is 0.606. The first kappa shape index (κ1) is 5.72. The smallest absolute Gasteiger partial charge is 0.225 e. The standard InChI is InChI=1S/C5H6O2S/c1-2-4-6-8-7-5-3-1/h1-4H,5H2. The zero-order valence-corrected chi connectivity index (χ0v) is 5.06. The van der Waals surface area contributed by atoms with Gasteiger partial charge in [0.25, 0.3) is 0 Å².